The smallest absolute Gasteiger partial charge is 0.226 e. The van der Waals surface area contributed by atoms with Gasteiger partial charge in [-0.25, -0.2) is 0 Å². The molecule has 2 heterocycles. The van der Waals surface area contributed by atoms with Gasteiger partial charge in [-0.15, -0.1) is 0 Å². The van der Waals surface area contributed by atoms with E-state index >= 15 is 0 Å². The minimum Gasteiger partial charge on any atom is -0.393 e. The molecule has 4 heteroatoms. The fourth-order valence-electron chi connectivity index (χ4n) is 4.28. The van der Waals surface area contributed by atoms with Gasteiger partial charge in [-0.3, -0.25) is 4.79 Å². The van der Waals surface area contributed by atoms with Gasteiger partial charge in [-0.2, -0.15) is 0 Å². The van der Waals surface area contributed by atoms with Crippen molar-refractivity contribution in [2.75, 3.05) is 19.8 Å². The lowest BCUT2D eigenvalue weighted by molar-refractivity contribution is -0.141. The highest BCUT2D eigenvalue weighted by molar-refractivity contribution is 5.79. The average Bonchev–Trinajstić information content (AvgIpc) is 2.97. The summed E-state index contributed by atoms with van der Waals surface area (Å²) in [7, 11) is 0. The molecule has 1 amide bonds. The van der Waals surface area contributed by atoms with Crippen LogP contribution in [-0.4, -0.2) is 47.8 Å². The molecule has 0 aromatic rings. The molecule has 20 heavy (non-hydrogen) atoms. The van der Waals surface area contributed by atoms with Crippen molar-refractivity contribution < 1.29 is 14.6 Å². The van der Waals surface area contributed by atoms with Gasteiger partial charge in [0.05, 0.1) is 6.10 Å². The lowest BCUT2D eigenvalue weighted by Crippen LogP contribution is -2.47. The summed E-state index contributed by atoms with van der Waals surface area (Å²) in [6, 6.07) is 0.292. The van der Waals surface area contributed by atoms with Crippen LogP contribution in [0.2, 0.25) is 0 Å². The van der Waals surface area contributed by atoms with Crippen LogP contribution in [0.1, 0.15) is 51.4 Å². The summed E-state index contributed by atoms with van der Waals surface area (Å²) in [4.78, 5) is 14.9. The van der Waals surface area contributed by atoms with Crippen molar-refractivity contribution in [3.63, 3.8) is 0 Å². The average molecular weight is 281 g/mol. The second-order valence-electron chi connectivity index (χ2n) is 6.64. The van der Waals surface area contributed by atoms with E-state index in [4.69, 9.17) is 4.74 Å². The van der Waals surface area contributed by atoms with Gasteiger partial charge in [0.15, 0.2) is 0 Å². The molecule has 0 bridgehead atoms. The van der Waals surface area contributed by atoms with Crippen LogP contribution in [0.5, 0.6) is 0 Å². The molecule has 4 nitrogen and oxygen atoms in total. The maximum atomic E-state index is 12.7. The molecule has 114 valence electrons. The number of ether oxygens (including phenoxy) is 1. The summed E-state index contributed by atoms with van der Waals surface area (Å²) in [5.74, 6) is 0.800. The fraction of sp³-hybridized carbons (Fsp3) is 0.938. The second kappa shape index (κ2) is 6.44. The van der Waals surface area contributed by atoms with Crippen LogP contribution in [0, 0.1) is 11.8 Å². The van der Waals surface area contributed by atoms with E-state index in [0.717, 1.165) is 64.7 Å². The van der Waals surface area contributed by atoms with E-state index in [-0.39, 0.29) is 12.0 Å². The van der Waals surface area contributed by atoms with Gasteiger partial charge >= 0.3 is 0 Å². The van der Waals surface area contributed by atoms with E-state index in [1.807, 2.05) is 0 Å². The van der Waals surface area contributed by atoms with Crippen molar-refractivity contribution in [1.29, 1.82) is 0 Å². The van der Waals surface area contributed by atoms with Gasteiger partial charge in [0.1, 0.15) is 0 Å². The van der Waals surface area contributed by atoms with Crippen LogP contribution in [0.3, 0.4) is 0 Å². The maximum absolute atomic E-state index is 12.7. The Morgan fingerprint density at radius 3 is 2.50 bits per heavy atom. The van der Waals surface area contributed by atoms with Crippen molar-refractivity contribution in [2.45, 2.75) is 63.5 Å². The number of hydrogen-bond donors (Lipinski definition) is 1. The van der Waals surface area contributed by atoms with Crippen molar-refractivity contribution >= 4 is 5.91 Å². The second-order valence-corrected chi connectivity index (χ2v) is 6.64. The van der Waals surface area contributed by atoms with Gasteiger partial charge in [0.2, 0.25) is 5.91 Å². The maximum Gasteiger partial charge on any atom is 0.226 e. The third-order valence-electron chi connectivity index (χ3n) is 5.43. The number of carbonyl (C=O) groups is 1. The van der Waals surface area contributed by atoms with Gasteiger partial charge in [0, 0.05) is 37.6 Å². The normalized spacial score (nSPS) is 36.2. The van der Waals surface area contributed by atoms with E-state index in [1.165, 1.54) is 6.42 Å². The number of carbonyl (C=O) groups excluding carboxylic acids is 1. The first kappa shape index (κ1) is 14.3. The van der Waals surface area contributed by atoms with Crippen LogP contribution < -0.4 is 0 Å². The standard InChI is InChI=1S/C16H27NO3/c18-15-6-2-1-4-13(15)14-5-3-9-17(14)16(19)12-7-10-20-11-8-12/h12-15,18H,1-11H2. The van der Waals surface area contributed by atoms with Crippen molar-refractivity contribution in [1.82, 2.24) is 4.90 Å². The number of hydrogen-bond acceptors (Lipinski definition) is 3. The molecule has 0 aromatic carbocycles. The number of rotatable bonds is 2. The van der Waals surface area contributed by atoms with Crippen LogP contribution in [0.4, 0.5) is 0 Å². The largest absolute Gasteiger partial charge is 0.393 e. The number of aliphatic hydroxyl groups is 1. The summed E-state index contributed by atoms with van der Waals surface area (Å²) in [6.45, 7) is 2.34. The summed E-state index contributed by atoms with van der Waals surface area (Å²) < 4.78 is 5.36. The molecule has 3 unspecified atom stereocenters. The Hall–Kier alpha value is -0.610. The molecule has 2 saturated heterocycles. The zero-order chi connectivity index (χ0) is 13.9. The Morgan fingerprint density at radius 2 is 1.75 bits per heavy atom. The molecule has 1 aliphatic carbocycles. The molecule has 3 atom stereocenters. The van der Waals surface area contributed by atoms with E-state index in [9.17, 15) is 9.90 Å². The monoisotopic (exact) mass is 281 g/mol. The summed E-state index contributed by atoms with van der Waals surface area (Å²) >= 11 is 0. The van der Waals surface area contributed by atoms with Crippen LogP contribution in [-0.2, 0) is 9.53 Å². The van der Waals surface area contributed by atoms with Gasteiger partial charge < -0.3 is 14.7 Å². The van der Waals surface area contributed by atoms with E-state index < -0.39 is 0 Å². The SMILES string of the molecule is O=C(C1CCOCC1)N1CCCC1C1CCCCC1O. The highest BCUT2D eigenvalue weighted by atomic mass is 16.5. The minimum atomic E-state index is -0.197. The minimum absolute atomic E-state index is 0.157. The van der Waals surface area contributed by atoms with Gasteiger partial charge in [0.25, 0.3) is 0 Å². The summed E-state index contributed by atoms with van der Waals surface area (Å²) in [5, 5.41) is 10.3. The number of amides is 1. The Bertz CT molecular complexity index is 341. The Morgan fingerprint density at radius 1 is 1.00 bits per heavy atom. The molecule has 1 saturated carbocycles. The van der Waals surface area contributed by atoms with Crippen molar-refractivity contribution in [3.8, 4) is 0 Å². The Labute approximate surface area is 121 Å². The zero-order valence-electron chi connectivity index (χ0n) is 12.3. The van der Waals surface area contributed by atoms with Crippen LogP contribution in [0.15, 0.2) is 0 Å². The van der Waals surface area contributed by atoms with Gasteiger partial charge in [-0.1, -0.05) is 12.8 Å². The quantitative estimate of drug-likeness (QED) is 0.841. The first-order valence-corrected chi connectivity index (χ1v) is 8.33. The van der Waals surface area contributed by atoms with Crippen LogP contribution in [0.25, 0.3) is 0 Å². The fourth-order valence-corrected chi connectivity index (χ4v) is 4.28. The lowest BCUT2D eigenvalue weighted by atomic mass is 9.80. The van der Waals surface area contributed by atoms with Crippen molar-refractivity contribution in [2.24, 2.45) is 11.8 Å². The molecule has 2 aliphatic heterocycles. The zero-order valence-corrected chi connectivity index (χ0v) is 12.3. The Kier molecular flexibility index (Phi) is 4.61. The molecule has 3 aliphatic rings. The van der Waals surface area contributed by atoms with Gasteiger partial charge in [-0.05, 0) is 38.5 Å². The molecule has 3 fully saturated rings. The molecule has 1 N–H and O–H groups in total. The van der Waals surface area contributed by atoms with Crippen LogP contribution >= 0.6 is 0 Å². The molecular weight excluding hydrogens is 254 g/mol. The topological polar surface area (TPSA) is 49.8 Å². The number of nitrogens with zero attached hydrogens (tertiary/aromatic N) is 1. The highest BCUT2D eigenvalue weighted by Gasteiger charge is 2.40. The third-order valence-corrected chi connectivity index (χ3v) is 5.43. The molecule has 0 aromatic heterocycles. The Balaban J connectivity index is 1.66. The van der Waals surface area contributed by atoms with Crippen molar-refractivity contribution in [3.05, 3.63) is 0 Å². The molecule has 3 rings (SSSR count). The third kappa shape index (κ3) is 2.86. The first-order chi connectivity index (χ1) is 9.77. The number of aliphatic hydroxyl groups excluding tert-OH is 1. The first-order valence-electron chi connectivity index (χ1n) is 8.33. The molecule has 0 radical (unpaired) electrons. The van der Waals surface area contributed by atoms with E-state index in [2.05, 4.69) is 4.90 Å². The van der Waals surface area contributed by atoms with E-state index in [0.29, 0.717) is 17.9 Å². The summed E-state index contributed by atoms with van der Waals surface area (Å²) in [5.41, 5.74) is 0. The predicted octanol–water partition coefficient (Wildman–Crippen LogP) is 1.96. The summed E-state index contributed by atoms with van der Waals surface area (Å²) in [6.07, 6.45) is 8.07. The predicted molar refractivity (Wildman–Crippen MR) is 76.2 cm³/mol. The number of likely N-dealkylation sites (tertiary alicyclic amines) is 1. The molecule has 0 spiro atoms. The lowest BCUT2D eigenvalue weighted by Gasteiger charge is -2.38. The molecular formula is C16H27NO3. The van der Waals surface area contributed by atoms with E-state index in [1.54, 1.807) is 0 Å². The highest BCUT2D eigenvalue weighted by Crippen LogP contribution is 2.36.